The molecule has 0 aliphatic rings. The predicted molar refractivity (Wildman–Crippen MR) is 103 cm³/mol. The summed E-state index contributed by atoms with van der Waals surface area (Å²) in [5.74, 6) is -1.12. The van der Waals surface area contributed by atoms with Crippen LogP contribution in [-0.4, -0.2) is 51.7 Å². The summed E-state index contributed by atoms with van der Waals surface area (Å²) in [6.07, 6.45) is 0. The van der Waals surface area contributed by atoms with E-state index in [1.807, 2.05) is 0 Å². The number of amides is 2. The van der Waals surface area contributed by atoms with E-state index in [-0.39, 0.29) is 47.6 Å². The Morgan fingerprint density at radius 3 is 2.22 bits per heavy atom. The Bertz CT molecular complexity index is 681. The largest absolute Gasteiger partial charge is 0.493 e. The number of anilines is 1. The molecule has 0 saturated carbocycles. The minimum atomic E-state index is -0.708. The highest BCUT2D eigenvalue weighted by molar-refractivity contribution is 5.99. The summed E-state index contributed by atoms with van der Waals surface area (Å²) in [6.45, 7) is 3.33. The number of hydrogen-bond donors (Lipinski definition) is 3. The molecular weight excluding hydrogens is 378 g/mol. The van der Waals surface area contributed by atoms with Gasteiger partial charge in [-0.25, -0.2) is 4.79 Å². The van der Waals surface area contributed by atoms with Crippen molar-refractivity contribution in [3.63, 3.8) is 0 Å². The monoisotopic (exact) mass is 403 g/mol. The van der Waals surface area contributed by atoms with Crippen LogP contribution in [0.15, 0.2) is 12.1 Å². The molecule has 0 aliphatic carbocycles. The molecular formula is C17H26ClN3O6. The van der Waals surface area contributed by atoms with Gasteiger partial charge in [-0.3, -0.25) is 9.59 Å². The summed E-state index contributed by atoms with van der Waals surface area (Å²) in [5.41, 5.74) is 6.10. The zero-order valence-electron chi connectivity index (χ0n) is 16.0. The molecule has 1 aromatic rings. The second-order valence-electron chi connectivity index (χ2n) is 5.79. The molecule has 152 valence electrons. The van der Waals surface area contributed by atoms with E-state index >= 15 is 0 Å². The maximum atomic E-state index is 12.1. The average molecular weight is 404 g/mol. The van der Waals surface area contributed by atoms with Crippen LogP contribution in [0.1, 0.15) is 24.2 Å². The third-order valence-electron chi connectivity index (χ3n) is 3.62. The Morgan fingerprint density at radius 2 is 1.74 bits per heavy atom. The van der Waals surface area contributed by atoms with Crippen molar-refractivity contribution in [1.82, 2.24) is 5.32 Å². The van der Waals surface area contributed by atoms with Gasteiger partial charge in [0.1, 0.15) is 0 Å². The van der Waals surface area contributed by atoms with Crippen LogP contribution in [0.4, 0.5) is 5.69 Å². The van der Waals surface area contributed by atoms with Crippen molar-refractivity contribution in [2.75, 3.05) is 33.2 Å². The summed E-state index contributed by atoms with van der Waals surface area (Å²) < 4.78 is 15.1. The van der Waals surface area contributed by atoms with E-state index in [4.69, 9.17) is 15.2 Å². The average Bonchev–Trinajstić information content (AvgIpc) is 2.63. The molecule has 1 rings (SSSR count). The Kier molecular flexibility index (Phi) is 10.2. The van der Waals surface area contributed by atoms with Gasteiger partial charge in [-0.15, -0.1) is 12.4 Å². The highest BCUT2D eigenvalue weighted by Crippen LogP contribution is 2.36. The minimum Gasteiger partial charge on any atom is -0.493 e. The molecule has 0 fully saturated rings. The van der Waals surface area contributed by atoms with Gasteiger partial charge in [-0.1, -0.05) is 13.8 Å². The normalized spacial score (nSPS) is 11.1. The Labute approximate surface area is 164 Å². The van der Waals surface area contributed by atoms with Crippen LogP contribution in [0.3, 0.4) is 0 Å². The number of hydrogen-bond acceptors (Lipinski definition) is 7. The molecule has 1 atom stereocenters. The summed E-state index contributed by atoms with van der Waals surface area (Å²) in [5, 5.41) is 5.03. The predicted octanol–water partition coefficient (Wildman–Crippen LogP) is 0.950. The lowest BCUT2D eigenvalue weighted by molar-refractivity contribution is -0.125. The maximum absolute atomic E-state index is 12.1. The van der Waals surface area contributed by atoms with Gasteiger partial charge in [0.05, 0.1) is 45.2 Å². The first-order valence-corrected chi connectivity index (χ1v) is 7.92. The summed E-state index contributed by atoms with van der Waals surface area (Å²) in [6, 6.07) is 2.12. The minimum absolute atomic E-state index is 0. The fourth-order valence-corrected chi connectivity index (χ4v) is 2.08. The Morgan fingerprint density at radius 1 is 1.11 bits per heavy atom. The quantitative estimate of drug-likeness (QED) is 0.551. The molecule has 1 aromatic carbocycles. The van der Waals surface area contributed by atoms with Crippen LogP contribution in [0.25, 0.3) is 0 Å². The van der Waals surface area contributed by atoms with E-state index < -0.39 is 23.8 Å². The molecule has 0 unspecified atom stereocenters. The number of halogens is 1. The molecule has 2 amide bonds. The fraction of sp³-hybridized carbons (Fsp3) is 0.471. The molecule has 0 spiro atoms. The van der Waals surface area contributed by atoms with Crippen LogP contribution in [-0.2, 0) is 14.3 Å². The number of nitrogens with one attached hydrogen (secondary N) is 2. The van der Waals surface area contributed by atoms with Crippen LogP contribution >= 0.6 is 12.4 Å². The lowest BCUT2D eigenvalue weighted by Crippen LogP contribution is -2.46. The molecule has 0 bridgehead atoms. The topological polar surface area (TPSA) is 129 Å². The van der Waals surface area contributed by atoms with E-state index in [0.29, 0.717) is 0 Å². The number of esters is 1. The van der Waals surface area contributed by atoms with Gasteiger partial charge in [0.2, 0.25) is 11.8 Å². The Balaban J connectivity index is 0.00000676. The number of ether oxygens (including phenoxy) is 3. The number of methoxy groups -OCH3 is 3. The van der Waals surface area contributed by atoms with E-state index in [1.54, 1.807) is 13.8 Å². The number of nitrogens with two attached hydrogens (primary N) is 1. The zero-order chi connectivity index (χ0) is 19.9. The van der Waals surface area contributed by atoms with Crippen molar-refractivity contribution in [3.8, 4) is 11.5 Å². The summed E-state index contributed by atoms with van der Waals surface area (Å²) in [7, 11) is 4.04. The van der Waals surface area contributed by atoms with Crippen LogP contribution in [0, 0.1) is 5.92 Å². The van der Waals surface area contributed by atoms with Crippen molar-refractivity contribution in [2.24, 2.45) is 11.7 Å². The zero-order valence-corrected chi connectivity index (χ0v) is 16.8. The smallest absolute Gasteiger partial charge is 0.338 e. The second kappa shape index (κ2) is 11.2. The molecule has 9 nitrogen and oxygen atoms in total. The Hall–Kier alpha value is -2.52. The first-order valence-electron chi connectivity index (χ1n) is 7.92. The van der Waals surface area contributed by atoms with Gasteiger partial charge in [-0.2, -0.15) is 0 Å². The standard InChI is InChI=1S/C17H25N3O6.ClH/c1-9(2)14(18)16(22)19-8-13(21)20-11-6-10(17(23)26-5)7-12(24-3)15(11)25-4;/h6-7,9,14H,8,18H2,1-5H3,(H,19,22)(H,20,21);1H/t14-;/m0./s1. The van der Waals surface area contributed by atoms with Crippen molar-refractivity contribution < 1.29 is 28.6 Å². The molecule has 0 aliphatic heterocycles. The fourth-order valence-electron chi connectivity index (χ4n) is 2.08. The van der Waals surface area contributed by atoms with E-state index in [2.05, 4.69) is 15.4 Å². The summed E-state index contributed by atoms with van der Waals surface area (Å²) in [4.78, 5) is 35.7. The van der Waals surface area contributed by atoms with Gasteiger partial charge >= 0.3 is 5.97 Å². The highest BCUT2D eigenvalue weighted by Gasteiger charge is 2.20. The van der Waals surface area contributed by atoms with Gasteiger partial charge in [-0.05, 0) is 18.1 Å². The van der Waals surface area contributed by atoms with E-state index in [9.17, 15) is 14.4 Å². The third kappa shape index (κ3) is 6.61. The number of carbonyl (C=O) groups excluding carboxylic acids is 3. The lowest BCUT2D eigenvalue weighted by atomic mass is 10.1. The number of benzene rings is 1. The lowest BCUT2D eigenvalue weighted by Gasteiger charge is -2.17. The summed E-state index contributed by atoms with van der Waals surface area (Å²) >= 11 is 0. The van der Waals surface area contributed by atoms with Gasteiger partial charge < -0.3 is 30.6 Å². The SMILES string of the molecule is COC(=O)c1cc(NC(=O)CNC(=O)[C@@H](N)C(C)C)c(OC)c(OC)c1.Cl. The maximum Gasteiger partial charge on any atom is 0.338 e. The van der Waals surface area contributed by atoms with Crippen LogP contribution in [0.5, 0.6) is 11.5 Å². The van der Waals surface area contributed by atoms with Gasteiger partial charge in [0, 0.05) is 0 Å². The number of carbonyl (C=O) groups is 3. The molecule has 0 radical (unpaired) electrons. The molecule has 27 heavy (non-hydrogen) atoms. The molecule has 0 saturated heterocycles. The van der Waals surface area contributed by atoms with Crippen molar-refractivity contribution in [3.05, 3.63) is 17.7 Å². The van der Waals surface area contributed by atoms with Gasteiger partial charge in [0.25, 0.3) is 0 Å². The molecule has 4 N–H and O–H groups in total. The molecule has 0 aromatic heterocycles. The van der Waals surface area contributed by atoms with E-state index in [0.717, 1.165) is 0 Å². The van der Waals surface area contributed by atoms with E-state index in [1.165, 1.54) is 33.5 Å². The highest BCUT2D eigenvalue weighted by atomic mass is 35.5. The van der Waals surface area contributed by atoms with Gasteiger partial charge in [0.15, 0.2) is 11.5 Å². The van der Waals surface area contributed by atoms with Crippen molar-refractivity contribution in [2.45, 2.75) is 19.9 Å². The first kappa shape index (κ1) is 24.5. The van der Waals surface area contributed by atoms with Crippen molar-refractivity contribution >= 4 is 35.9 Å². The molecule has 10 heteroatoms. The second-order valence-corrected chi connectivity index (χ2v) is 5.79. The number of rotatable bonds is 8. The van der Waals surface area contributed by atoms with Crippen LogP contribution < -0.4 is 25.8 Å². The first-order chi connectivity index (χ1) is 12.2. The molecule has 0 heterocycles. The third-order valence-corrected chi connectivity index (χ3v) is 3.62. The van der Waals surface area contributed by atoms with Crippen molar-refractivity contribution in [1.29, 1.82) is 0 Å². The van der Waals surface area contributed by atoms with Crippen LogP contribution in [0.2, 0.25) is 0 Å².